The smallest absolute Gasteiger partial charge is 0.270 e. The second-order valence-electron chi connectivity index (χ2n) is 5.48. The van der Waals surface area contributed by atoms with Crippen LogP contribution in [0, 0.1) is 11.6 Å². The topological polar surface area (TPSA) is 82.3 Å². The first-order chi connectivity index (χ1) is 11.4. The van der Waals surface area contributed by atoms with Gasteiger partial charge in [-0.2, -0.15) is 0 Å². The molecule has 0 unspecified atom stereocenters. The first kappa shape index (κ1) is 16.4. The molecule has 3 rings (SSSR count). The van der Waals surface area contributed by atoms with Crippen molar-refractivity contribution in [2.24, 2.45) is 0 Å². The molecule has 0 bridgehead atoms. The molecule has 0 aliphatic carbocycles. The van der Waals surface area contributed by atoms with Gasteiger partial charge < -0.3 is 9.88 Å². The van der Waals surface area contributed by atoms with E-state index in [1.54, 1.807) is 4.90 Å². The summed E-state index contributed by atoms with van der Waals surface area (Å²) in [6, 6.07) is 3.91. The Kier molecular flexibility index (Phi) is 4.27. The van der Waals surface area contributed by atoms with Gasteiger partial charge in [0.05, 0.1) is 5.69 Å². The summed E-state index contributed by atoms with van der Waals surface area (Å²) in [5.41, 5.74) is 0.0603. The van der Waals surface area contributed by atoms with Gasteiger partial charge in [0, 0.05) is 25.4 Å². The fourth-order valence-corrected chi connectivity index (χ4v) is 3.56. The Balaban J connectivity index is 1.79. The van der Waals surface area contributed by atoms with E-state index >= 15 is 0 Å². The number of H-pyrrole nitrogens is 1. The van der Waals surface area contributed by atoms with Crippen LogP contribution in [-0.2, 0) is 10.0 Å². The minimum absolute atomic E-state index is 0.109. The number of nitrogens with one attached hydrogen (secondary N) is 2. The maximum absolute atomic E-state index is 13.2. The van der Waals surface area contributed by atoms with Gasteiger partial charge in [0.25, 0.3) is 15.9 Å². The van der Waals surface area contributed by atoms with E-state index in [9.17, 15) is 22.0 Å². The van der Waals surface area contributed by atoms with Gasteiger partial charge in [-0.05, 0) is 31.0 Å². The first-order valence-electron chi connectivity index (χ1n) is 7.32. The molecule has 1 aromatic heterocycles. The summed E-state index contributed by atoms with van der Waals surface area (Å²) in [4.78, 5) is 16.4. The lowest BCUT2D eigenvalue weighted by Gasteiger charge is -2.13. The zero-order valence-electron chi connectivity index (χ0n) is 12.6. The van der Waals surface area contributed by atoms with Crippen molar-refractivity contribution in [2.75, 3.05) is 17.8 Å². The summed E-state index contributed by atoms with van der Waals surface area (Å²) in [5.74, 6) is -2.49. The highest BCUT2D eigenvalue weighted by Gasteiger charge is 2.23. The third kappa shape index (κ3) is 3.25. The predicted octanol–water partition coefficient (Wildman–Crippen LogP) is 2.33. The van der Waals surface area contributed by atoms with Crippen LogP contribution in [-0.4, -0.2) is 37.3 Å². The SMILES string of the molecule is O=C(c1cc(S(=O)(=O)Nc2ccc(F)c(F)c2)c[nH]1)N1CCCC1. The van der Waals surface area contributed by atoms with Crippen LogP contribution in [0.2, 0.25) is 0 Å². The fourth-order valence-electron chi connectivity index (χ4n) is 2.52. The van der Waals surface area contributed by atoms with E-state index in [4.69, 9.17) is 0 Å². The second-order valence-corrected chi connectivity index (χ2v) is 7.17. The predicted molar refractivity (Wildman–Crippen MR) is 83.1 cm³/mol. The number of benzene rings is 1. The molecule has 9 heteroatoms. The van der Waals surface area contributed by atoms with Crippen LogP contribution in [0.1, 0.15) is 23.3 Å². The van der Waals surface area contributed by atoms with E-state index in [2.05, 4.69) is 9.71 Å². The molecule has 0 atom stereocenters. The largest absolute Gasteiger partial charge is 0.356 e. The number of hydrogen-bond donors (Lipinski definition) is 2. The molecule has 1 fully saturated rings. The third-order valence-electron chi connectivity index (χ3n) is 3.76. The van der Waals surface area contributed by atoms with Gasteiger partial charge in [-0.25, -0.2) is 17.2 Å². The lowest BCUT2D eigenvalue weighted by atomic mass is 10.3. The maximum atomic E-state index is 13.2. The Hall–Kier alpha value is -2.42. The molecule has 1 aliphatic rings. The summed E-state index contributed by atoms with van der Waals surface area (Å²) < 4.78 is 52.8. The van der Waals surface area contributed by atoms with Gasteiger partial charge in [-0.15, -0.1) is 0 Å². The Bertz CT molecular complexity index is 874. The minimum Gasteiger partial charge on any atom is -0.356 e. The third-order valence-corrected chi connectivity index (χ3v) is 5.12. The first-order valence-corrected chi connectivity index (χ1v) is 8.81. The monoisotopic (exact) mass is 355 g/mol. The Morgan fingerprint density at radius 3 is 2.50 bits per heavy atom. The van der Waals surface area contributed by atoms with E-state index in [1.807, 2.05) is 0 Å². The van der Waals surface area contributed by atoms with Gasteiger partial charge in [0.15, 0.2) is 11.6 Å². The minimum atomic E-state index is -4.02. The van der Waals surface area contributed by atoms with Gasteiger partial charge in [-0.1, -0.05) is 0 Å². The zero-order valence-corrected chi connectivity index (χ0v) is 13.4. The van der Waals surface area contributed by atoms with E-state index in [0.29, 0.717) is 13.1 Å². The number of anilines is 1. The van der Waals surface area contributed by atoms with Crippen molar-refractivity contribution in [1.82, 2.24) is 9.88 Å². The van der Waals surface area contributed by atoms with Crippen LogP contribution >= 0.6 is 0 Å². The number of carbonyl (C=O) groups is 1. The molecule has 6 nitrogen and oxygen atoms in total. The Labute approximate surface area is 137 Å². The highest BCUT2D eigenvalue weighted by Crippen LogP contribution is 2.20. The summed E-state index contributed by atoms with van der Waals surface area (Å²) in [5, 5.41) is 0. The van der Waals surface area contributed by atoms with E-state index in [-0.39, 0.29) is 22.2 Å². The molecule has 0 saturated carbocycles. The van der Waals surface area contributed by atoms with Crippen molar-refractivity contribution in [1.29, 1.82) is 0 Å². The Morgan fingerprint density at radius 2 is 1.83 bits per heavy atom. The van der Waals surface area contributed by atoms with Crippen molar-refractivity contribution in [3.8, 4) is 0 Å². The molecule has 2 N–H and O–H groups in total. The van der Waals surface area contributed by atoms with Gasteiger partial charge in [0.2, 0.25) is 0 Å². The van der Waals surface area contributed by atoms with Crippen LogP contribution in [0.25, 0.3) is 0 Å². The van der Waals surface area contributed by atoms with Gasteiger partial charge in [-0.3, -0.25) is 9.52 Å². The summed E-state index contributed by atoms with van der Waals surface area (Å²) in [6.07, 6.45) is 3.04. The average Bonchev–Trinajstić information content (AvgIpc) is 3.21. The van der Waals surface area contributed by atoms with Crippen molar-refractivity contribution >= 4 is 21.6 Å². The van der Waals surface area contributed by atoms with Crippen LogP contribution in [0.5, 0.6) is 0 Å². The summed E-state index contributed by atoms with van der Waals surface area (Å²) in [6.45, 7) is 1.29. The number of aromatic nitrogens is 1. The lowest BCUT2D eigenvalue weighted by molar-refractivity contribution is 0.0787. The lowest BCUT2D eigenvalue weighted by Crippen LogP contribution is -2.27. The van der Waals surface area contributed by atoms with Crippen molar-refractivity contribution in [3.63, 3.8) is 0 Å². The molecule has 1 amide bonds. The fraction of sp³-hybridized carbons (Fsp3) is 0.267. The van der Waals surface area contributed by atoms with E-state index in [0.717, 1.165) is 31.0 Å². The van der Waals surface area contributed by atoms with Crippen molar-refractivity contribution in [3.05, 3.63) is 47.8 Å². The number of nitrogens with zero attached hydrogens (tertiary/aromatic N) is 1. The molecule has 128 valence electrons. The number of halogens is 2. The molecule has 1 aliphatic heterocycles. The molecule has 0 spiro atoms. The van der Waals surface area contributed by atoms with Crippen LogP contribution in [0.15, 0.2) is 35.4 Å². The highest BCUT2D eigenvalue weighted by molar-refractivity contribution is 7.92. The molecule has 2 aromatic rings. The van der Waals surface area contributed by atoms with Crippen molar-refractivity contribution in [2.45, 2.75) is 17.7 Å². The maximum Gasteiger partial charge on any atom is 0.270 e. The van der Waals surface area contributed by atoms with E-state index < -0.39 is 21.7 Å². The molecule has 0 radical (unpaired) electrons. The quantitative estimate of drug-likeness (QED) is 0.883. The molecule has 1 saturated heterocycles. The number of carbonyl (C=O) groups excluding carboxylic acids is 1. The van der Waals surface area contributed by atoms with Crippen molar-refractivity contribution < 1.29 is 22.0 Å². The van der Waals surface area contributed by atoms with Crippen LogP contribution in [0.3, 0.4) is 0 Å². The zero-order chi connectivity index (χ0) is 17.3. The number of rotatable bonds is 4. The van der Waals surface area contributed by atoms with Crippen LogP contribution < -0.4 is 4.72 Å². The number of likely N-dealkylation sites (tertiary alicyclic amines) is 1. The molecule has 1 aromatic carbocycles. The van der Waals surface area contributed by atoms with Crippen LogP contribution in [0.4, 0.5) is 14.5 Å². The standard InChI is InChI=1S/C15H15F2N3O3S/c16-12-4-3-10(7-13(12)17)19-24(22,23)11-8-14(18-9-11)15(21)20-5-1-2-6-20/h3-4,7-9,18-19H,1-2,5-6H2. The Morgan fingerprint density at radius 1 is 1.12 bits per heavy atom. The number of hydrogen-bond acceptors (Lipinski definition) is 3. The molecular weight excluding hydrogens is 340 g/mol. The van der Waals surface area contributed by atoms with E-state index in [1.165, 1.54) is 12.3 Å². The average molecular weight is 355 g/mol. The second kappa shape index (κ2) is 6.23. The number of amides is 1. The van der Waals surface area contributed by atoms with Gasteiger partial charge >= 0.3 is 0 Å². The highest BCUT2D eigenvalue weighted by atomic mass is 32.2. The molecule has 2 heterocycles. The normalized spacial score (nSPS) is 14.8. The summed E-state index contributed by atoms with van der Waals surface area (Å²) >= 11 is 0. The van der Waals surface area contributed by atoms with Gasteiger partial charge in [0.1, 0.15) is 10.6 Å². The molecular formula is C15H15F2N3O3S. The molecule has 24 heavy (non-hydrogen) atoms. The summed E-state index contributed by atoms with van der Waals surface area (Å²) in [7, 11) is -4.02. The number of aromatic amines is 1. The number of sulfonamides is 1.